The van der Waals surface area contributed by atoms with Gasteiger partial charge in [0.05, 0.1) is 5.75 Å². The van der Waals surface area contributed by atoms with Gasteiger partial charge in [-0.05, 0) is 30.5 Å². The summed E-state index contributed by atoms with van der Waals surface area (Å²) in [6.45, 7) is 3.96. The molecule has 1 aromatic carbocycles. The second-order valence-electron chi connectivity index (χ2n) is 4.94. The van der Waals surface area contributed by atoms with E-state index in [-0.39, 0.29) is 15.9 Å². The van der Waals surface area contributed by atoms with Crippen LogP contribution in [-0.4, -0.2) is 17.8 Å². The molecule has 0 aliphatic carbocycles. The Balaban J connectivity index is 2.06. The Hall–Kier alpha value is -1.37. The van der Waals surface area contributed by atoms with Crippen molar-refractivity contribution in [2.24, 2.45) is 0 Å². The molecule has 0 bridgehead atoms. The first-order chi connectivity index (χ1) is 9.88. The van der Waals surface area contributed by atoms with Crippen LogP contribution in [0, 0.1) is 13.8 Å². The van der Waals surface area contributed by atoms with Gasteiger partial charge in [0.1, 0.15) is 0 Å². The minimum Gasteiger partial charge on any atom is -0.280 e. The van der Waals surface area contributed by atoms with Gasteiger partial charge in [-0.3, -0.25) is 4.40 Å². The summed E-state index contributed by atoms with van der Waals surface area (Å²) in [5.41, 5.74) is 2.96. The molecule has 0 aliphatic rings. The molecule has 21 heavy (non-hydrogen) atoms. The van der Waals surface area contributed by atoms with Crippen molar-refractivity contribution in [1.82, 2.24) is 9.38 Å². The van der Waals surface area contributed by atoms with Crippen LogP contribution in [0.15, 0.2) is 34.8 Å². The van der Waals surface area contributed by atoms with Gasteiger partial charge in [0.25, 0.3) is 0 Å². The number of fused-ring (bicyclic) bond motifs is 1. The molecule has 0 atom stereocenters. The molecule has 0 amide bonds. The van der Waals surface area contributed by atoms with Gasteiger partial charge < -0.3 is 0 Å². The van der Waals surface area contributed by atoms with Crippen molar-refractivity contribution in [2.75, 3.05) is 0 Å². The van der Waals surface area contributed by atoms with Gasteiger partial charge in [0.15, 0.2) is 15.1 Å². The summed E-state index contributed by atoms with van der Waals surface area (Å²) in [6.07, 6.45) is 1.67. The highest BCUT2D eigenvalue weighted by molar-refractivity contribution is 7.90. The van der Waals surface area contributed by atoms with E-state index in [2.05, 4.69) is 4.98 Å². The highest BCUT2D eigenvalue weighted by Gasteiger charge is 2.25. The second kappa shape index (κ2) is 5.12. The third-order valence-electron chi connectivity index (χ3n) is 3.40. The minimum atomic E-state index is -3.55. The van der Waals surface area contributed by atoms with Gasteiger partial charge >= 0.3 is 0 Å². The molecular weight excluding hydrogens is 328 g/mol. The number of hydrogen-bond acceptors (Lipinski definition) is 4. The summed E-state index contributed by atoms with van der Waals surface area (Å²) in [6, 6.07) is 5.66. The van der Waals surface area contributed by atoms with E-state index in [4.69, 9.17) is 11.6 Å². The smallest absolute Gasteiger partial charge is 0.201 e. The summed E-state index contributed by atoms with van der Waals surface area (Å²) in [5, 5.41) is 1.89. The maximum absolute atomic E-state index is 12.7. The van der Waals surface area contributed by atoms with Crippen molar-refractivity contribution >= 4 is 37.7 Å². The Morgan fingerprint density at radius 2 is 2.05 bits per heavy atom. The largest absolute Gasteiger partial charge is 0.280 e. The number of nitrogens with zero attached hydrogens (tertiary/aromatic N) is 2. The van der Waals surface area contributed by atoms with Crippen LogP contribution in [0.25, 0.3) is 4.96 Å². The Labute approximate surface area is 131 Å². The first-order valence-corrected chi connectivity index (χ1v) is 9.19. The summed E-state index contributed by atoms with van der Waals surface area (Å²) in [5.74, 6) is -0.0858. The maximum Gasteiger partial charge on any atom is 0.201 e. The molecule has 2 heterocycles. The van der Waals surface area contributed by atoms with Gasteiger partial charge in [-0.2, -0.15) is 0 Å². The highest BCUT2D eigenvalue weighted by Crippen LogP contribution is 2.28. The van der Waals surface area contributed by atoms with Crippen LogP contribution in [0.3, 0.4) is 0 Å². The van der Waals surface area contributed by atoms with Crippen molar-refractivity contribution in [1.29, 1.82) is 0 Å². The molecule has 0 saturated carbocycles. The van der Waals surface area contributed by atoms with E-state index in [1.165, 1.54) is 15.7 Å². The van der Waals surface area contributed by atoms with E-state index in [1.807, 2.05) is 32.0 Å². The van der Waals surface area contributed by atoms with Crippen molar-refractivity contribution in [2.45, 2.75) is 24.6 Å². The molecule has 0 N–H and O–H groups in total. The number of thiazole rings is 1. The van der Waals surface area contributed by atoms with Crippen molar-refractivity contribution in [3.8, 4) is 0 Å². The SMILES string of the molecule is Cc1ccc(CS(=O)(=O)c2c(Cl)nc3sccn23)cc1C. The van der Waals surface area contributed by atoms with Crippen LogP contribution in [0.4, 0.5) is 0 Å². The quantitative estimate of drug-likeness (QED) is 0.731. The maximum atomic E-state index is 12.7. The van der Waals surface area contributed by atoms with E-state index in [1.54, 1.807) is 11.6 Å². The first kappa shape index (κ1) is 14.6. The molecule has 3 rings (SSSR count). The molecule has 2 aromatic heterocycles. The van der Waals surface area contributed by atoms with Crippen LogP contribution in [0.2, 0.25) is 5.15 Å². The van der Waals surface area contributed by atoms with Gasteiger partial charge in [-0.25, -0.2) is 13.4 Å². The molecule has 0 fully saturated rings. The topological polar surface area (TPSA) is 51.4 Å². The van der Waals surface area contributed by atoms with Gasteiger partial charge in [0, 0.05) is 11.6 Å². The Bertz CT molecular complexity index is 926. The monoisotopic (exact) mass is 340 g/mol. The number of aromatic nitrogens is 2. The van der Waals surface area contributed by atoms with Crippen LogP contribution < -0.4 is 0 Å². The molecule has 0 aliphatic heterocycles. The van der Waals surface area contributed by atoms with Gasteiger partial charge in [0.2, 0.25) is 9.84 Å². The lowest BCUT2D eigenvalue weighted by molar-refractivity contribution is 0.590. The fourth-order valence-corrected chi connectivity index (χ4v) is 5.05. The molecule has 7 heteroatoms. The lowest BCUT2D eigenvalue weighted by Crippen LogP contribution is -2.08. The number of imidazole rings is 1. The Morgan fingerprint density at radius 1 is 1.29 bits per heavy atom. The summed E-state index contributed by atoms with van der Waals surface area (Å²) >= 11 is 7.36. The van der Waals surface area contributed by atoms with Crippen LogP contribution in [0.1, 0.15) is 16.7 Å². The number of benzene rings is 1. The van der Waals surface area contributed by atoms with E-state index >= 15 is 0 Å². The third kappa shape index (κ3) is 2.59. The fraction of sp³-hybridized carbons (Fsp3) is 0.214. The predicted molar refractivity (Wildman–Crippen MR) is 84.9 cm³/mol. The van der Waals surface area contributed by atoms with Gasteiger partial charge in [-0.15, -0.1) is 11.3 Å². The molecule has 3 aromatic rings. The normalized spacial score (nSPS) is 12.1. The van der Waals surface area contributed by atoms with Crippen LogP contribution in [-0.2, 0) is 15.6 Å². The molecular formula is C14H13ClN2O2S2. The van der Waals surface area contributed by atoms with Gasteiger partial charge in [-0.1, -0.05) is 29.8 Å². The third-order valence-corrected chi connectivity index (χ3v) is 6.23. The summed E-state index contributed by atoms with van der Waals surface area (Å²) in [7, 11) is -3.55. The Morgan fingerprint density at radius 3 is 2.76 bits per heavy atom. The lowest BCUT2D eigenvalue weighted by atomic mass is 10.1. The van der Waals surface area contributed by atoms with E-state index in [9.17, 15) is 8.42 Å². The molecule has 0 saturated heterocycles. The summed E-state index contributed by atoms with van der Waals surface area (Å²) in [4.78, 5) is 4.66. The lowest BCUT2D eigenvalue weighted by Gasteiger charge is -2.06. The van der Waals surface area contributed by atoms with Crippen molar-refractivity contribution < 1.29 is 8.42 Å². The first-order valence-electron chi connectivity index (χ1n) is 6.28. The average Bonchev–Trinajstić information content (AvgIpc) is 2.92. The number of hydrogen-bond donors (Lipinski definition) is 0. The standard InChI is InChI=1S/C14H13ClN2O2S2/c1-9-3-4-11(7-10(9)2)8-21(18,19)13-12(15)16-14-17(13)5-6-20-14/h3-7H,8H2,1-2H3. The van der Waals surface area contributed by atoms with Crippen molar-refractivity contribution in [3.63, 3.8) is 0 Å². The zero-order valence-corrected chi connectivity index (χ0v) is 13.9. The molecule has 0 radical (unpaired) electrons. The average molecular weight is 341 g/mol. The number of aryl methyl sites for hydroxylation is 2. The molecule has 110 valence electrons. The van der Waals surface area contributed by atoms with Crippen molar-refractivity contribution in [3.05, 3.63) is 51.6 Å². The van der Waals surface area contributed by atoms with E-state index in [0.717, 1.165) is 16.7 Å². The van der Waals surface area contributed by atoms with Crippen LogP contribution >= 0.6 is 22.9 Å². The molecule has 4 nitrogen and oxygen atoms in total. The van der Waals surface area contributed by atoms with E-state index in [0.29, 0.717) is 4.96 Å². The zero-order chi connectivity index (χ0) is 15.2. The molecule has 0 spiro atoms. The fourth-order valence-electron chi connectivity index (χ4n) is 2.20. The Kier molecular flexibility index (Phi) is 3.55. The minimum absolute atomic E-state index is 0.0330. The number of rotatable bonds is 3. The predicted octanol–water partition coefficient (Wildman–Crippen LogP) is 3.64. The van der Waals surface area contributed by atoms with E-state index < -0.39 is 9.84 Å². The highest BCUT2D eigenvalue weighted by atomic mass is 35.5. The number of halogens is 1. The van der Waals surface area contributed by atoms with Crippen LogP contribution in [0.5, 0.6) is 0 Å². The molecule has 0 unspecified atom stereocenters. The summed E-state index contributed by atoms with van der Waals surface area (Å²) < 4.78 is 26.8. The second-order valence-corrected chi connectivity index (χ2v) is 8.08. The zero-order valence-electron chi connectivity index (χ0n) is 11.5. The number of sulfone groups is 1.